The van der Waals surface area contributed by atoms with Gasteiger partial charge in [0.15, 0.2) is 8.32 Å². The molecule has 0 heterocycles. The molecule has 0 fully saturated rings. The molecule has 0 saturated carbocycles. The number of carbonyl (C=O) groups is 2. The molecule has 0 spiro atoms. The lowest BCUT2D eigenvalue weighted by atomic mass is 10.1. The molecule has 0 bridgehead atoms. The monoisotopic (exact) mass is 316 g/mol. The third-order valence-corrected chi connectivity index (χ3v) is 8.87. The van der Waals surface area contributed by atoms with Crippen LogP contribution >= 0.6 is 0 Å². The summed E-state index contributed by atoms with van der Waals surface area (Å²) in [5.41, 5.74) is 0. The van der Waals surface area contributed by atoms with E-state index in [1.54, 1.807) is 6.92 Å². The summed E-state index contributed by atoms with van der Waals surface area (Å²) in [7, 11) is -1.55. The maximum atomic E-state index is 11.6. The molecule has 5 heteroatoms. The van der Waals surface area contributed by atoms with Gasteiger partial charge in [-0.05, 0) is 44.8 Å². The smallest absolute Gasteiger partial charge is 0.313 e. The molecule has 0 saturated heterocycles. The molecule has 21 heavy (non-hydrogen) atoms. The number of carbonyl (C=O) groups excluding carboxylic acids is 2. The maximum absolute atomic E-state index is 11.6. The molecule has 0 N–H and O–H groups in total. The predicted molar refractivity (Wildman–Crippen MR) is 87.9 cm³/mol. The SMILES string of the molecule is CCOC(=O)CC(=O)CCC[C@H](C)O[Si](CC)(CC)CC. The van der Waals surface area contributed by atoms with E-state index in [9.17, 15) is 9.59 Å². The molecule has 124 valence electrons. The second-order valence-electron chi connectivity index (χ2n) is 5.58. The van der Waals surface area contributed by atoms with Crippen LogP contribution in [0.4, 0.5) is 0 Å². The highest BCUT2D eigenvalue weighted by Crippen LogP contribution is 2.24. The van der Waals surface area contributed by atoms with E-state index in [4.69, 9.17) is 9.16 Å². The summed E-state index contributed by atoms with van der Waals surface area (Å²) in [6, 6.07) is 3.43. The summed E-state index contributed by atoms with van der Waals surface area (Å²) in [6.07, 6.45) is 2.20. The Labute approximate surface area is 130 Å². The fourth-order valence-corrected chi connectivity index (χ4v) is 5.51. The summed E-state index contributed by atoms with van der Waals surface area (Å²) < 4.78 is 11.1. The summed E-state index contributed by atoms with van der Waals surface area (Å²) >= 11 is 0. The van der Waals surface area contributed by atoms with Crippen molar-refractivity contribution in [3.63, 3.8) is 0 Å². The Bertz CT molecular complexity index is 305. The van der Waals surface area contributed by atoms with Gasteiger partial charge in [0, 0.05) is 12.5 Å². The van der Waals surface area contributed by atoms with E-state index in [0.29, 0.717) is 13.0 Å². The van der Waals surface area contributed by atoms with Crippen LogP contribution in [0, 0.1) is 0 Å². The van der Waals surface area contributed by atoms with Gasteiger partial charge in [-0.1, -0.05) is 20.8 Å². The highest BCUT2D eigenvalue weighted by atomic mass is 28.4. The molecule has 0 amide bonds. The molecule has 1 atom stereocenters. The van der Waals surface area contributed by atoms with Gasteiger partial charge in [-0.3, -0.25) is 9.59 Å². The summed E-state index contributed by atoms with van der Waals surface area (Å²) in [6.45, 7) is 10.8. The van der Waals surface area contributed by atoms with Crippen molar-refractivity contribution in [3.05, 3.63) is 0 Å². The van der Waals surface area contributed by atoms with Crippen molar-refractivity contribution in [1.29, 1.82) is 0 Å². The van der Waals surface area contributed by atoms with E-state index in [2.05, 4.69) is 27.7 Å². The zero-order chi connectivity index (χ0) is 16.3. The van der Waals surface area contributed by atoms with Crippen molar-refractivity contribution in [2.75, 3.05) is 6.61 Å². The number of Topliss-reactive ketones (excluding diaryl/α,β-unsaturated/α-hetero) is 1. The average Bonchev–Trinajstić information content (AvgIpc) is 2.45. The first kappa shape index (κ1) is 20.3. The van der Waals surface area contributed by atoms with Crippen LogP contribution in [-0.4, -0.2) is 32.8 Å². The first-order valence-corrected chi connectivity index (χ1v) is 10.8. The van der Waals surface area contributed by atoms with E-state index >= 15 is 0 Å². The quantitative estimate of drug-likeness (QED) is 0.309. The molecule has 0 aliphatic carbocycles. The largest absolute Gasteiger partial charge is 0.466 e. The first-order valence-electron chi connectivity index (χ1n) is 8.28. The second kappa shape index (κ2) is 11.0. The van der Waals surface area contributed by atoms with Crippen molar-refractivity contribution < 1.29 is 18.8 Å². The molecule has 0 aromatic rings. The van der Waals surface area contributed by atoms with Gasteiger partial charge in [-0.15, -0.1) is 0 Å². The van der Waals surface area contributed by atoms with Gasteiger partial charge in [-0.25, -0.2) is 0 Å². The number of esters is 1. The van der Waals surface area contributed by atoms with Gasteiger partial charge in [0.2, 0.25) is 0 Å². The third-order valence-electron chi connectivity index (χ3n) is 4.10. The van der Waals surface area contributed by atoms with Gasteiger partial charge in [-0.2, -0.15) is 0 Å². The van der Waals surface area contributed by atoms with Crippen LogP contribution in [0.25, 0.3) is 0 Å². The van der Waals surface area contributed by atoms with Crippen molar-refractivity contribution in [2.24, 2.45) is 0 Å². The summed E-state index contributed by atoms with van der Waals surface area (Å²) in [5, 5.41) is 0. The summed E-state index contributed by atoms with van der Waals surface area (Å²) in [4.78, 5) is 22.8. The van der Waals surface area contributed by atoms with Crippen molar-refractivity contribution in [2.45, 2.75) is 84.5 Å². The van der Waals surface area contributed by atoms with Gasteiger partial charge in [0.1, 0.15) is 12.2 Å². The van der Waals surface area contributed by atoms with E-state index < -0.39 is 14.3 Å². The molecule has 0 unspecified atom stereocenters. The number of hydrogen-bond acceptors (Lipinski definition) is 4. The summed E-state index contributed by atoms with van der Waals surface area (Å²) in [5.74, 6) is -0.452. The number of ether oxygens (including phenoxy) is 1. The standard InChI is InChI=1S/C16H32O4Si/c1-6-19-16(18)13-15(17)12-10-11-14(5)20-21(7-2,8-3)9-4/h14H,6-13H2,1-5H3/t14-/m0/s1. The second-order valence-corrected chi connectivity index (χ2v) is 10.3. The zero-order valence-electron chi connectivity index (χ0n) is 14.4. The topological polar surface area (TPSA) is 52.6 Å². The van der Waals surface area contributed by atoms with Gasteiger partial charge in [0.05, 0.1) is 6.61 Å². The molecule has 0 aliphatic rings. The van der Waals surface area contributed by atoms with Crippen LogP contribution in [0.2, 0.25) is 18.1 Å². The lowest BCUT2D eigenvalue weighted by Crippen LogP contribution is -2.39. The maximum Gasteiger partial charge on any atom is 0.313 e. The van der Waals surface area contributed by atoms with Crippen molar-refractivity contribution in [1.82, 2.24) is 0 Å². The van der Waals surface area contributed by atoms with Crippen LogP contribution in [0.3, 0.4) is 0 Å². The minimum absolute atomic E-state index is 0.0365. The normalized spacial score (nSPS) is 13.0. The Morgan fingerprint density at radius 3 is 2.10 bits per heavy atom. The lowest BCUT2D eigenvalue weighted by molar-refractivity contribution is -0.145. The molecule has 0 rings (SSSR count). The van der Waals surface area contributed by atoms with Gasteiger partial charge < -0.3 is 9.16 Å². The zero-order valence-corrected chi connectivity index (χ0v) is 15.4. The molecule has 0 aromatic heterocycles. The lowest BCUT2D eigenvalue weighted by Gasteiger charge is -2.31. The highest BCUT2D eigenvalue weighted by Gasteiger charge is 2.30. The molecular formula is C16H32O4Si. The Kier molecular flexibility index (Phi) is 10.6. The van der Waals surface area contributed by atoms with E-state index in [1.807, 2.05) is 0 Å². The minimum Gasteiger partial charge on any atom is -0.466 e. The third kappa shape index (κ3) is 8.36. The Morgan fingerprint density at radius 2 is 1.62 bits per heavy atom. The highest BCUT2D eigenvalue weighted by molar-refractivity contribution is 6.73. The van der Waals surface area contributed by atoms with E-state index in [-0.39, 0.29) is 18.3 Å². The van der Waals surface area contributed by atoms with Gasteiger partial charge >= 0.3 is 5.97 Å². The van der Waals surface area contributed by atoms with Crippen LogP contribution in [0.5, 0.6) is 0 Å². The molecule has 0 aromatic carbocycles. The Hall–Kier alpha value is -0.683. The molecular weight excluding hydrogens is 284 g/mol. The van der Waals surface area contributed by atoms with Crippen LogP contribution in [-0.2, 0) is 18.8 Å². The van der Waals surface area contributed by atoms with Crippen LogP contribution < -0.4 is 0 Å². The average molecular weight is 317 g/mol. The molecule has 0 aliphatic heterocycles. The van der Waals surface area contributed by atoms with Crippen molar-refractivity contribution >= 4 is 20.1 Å². The molecule has 0 radical (unpaired) electrons. The van der Waals surface area contributed by atoms with E-state index in [0.717, 1.165) is 31.0 Å². The number of hydrogen-bond donors (Lipinski definition) is 0. The number of rotatable bonds is 12. The fourth-order valence-electron chi connectivity index (χ4n) is 2.53. The Morgan fingerprint density at radius 1 is 1.05 bits per heavy atom. The predicted octanol–water partition coefficient (Wildman–Crippen LogP) is 4.09. The fraction of sp³-hybridized carbons (Fsp3) is 0.875. The van der Waals surface area contributed by atoms with Crippen molar-refractivity contribution in [3.8, 4) is 0 Å². The first-order chi connectivity index (χ1) is 9.92. The van der Waals surface area contributed by atoms with Crippen LogP contribution in [0.15, 0.2) is 0 Å². The van der Waals surface area contributed by atoms with Crippen LogP contribution in [0.1, 0.15) is 60.3 Å². The minimum atomic E-state index is -1.55. The van der Waals surface area contributed by atoms with E-state index in [1.165, 1.54) is 0 Å². The number of ketones is 1. The molecule has 4 nitrogen and oxygen atoms in total. The van der Waals surface area contributed by atoms with Gasteiger partial charge in [0.25, 0.3) is 0 Å². The Balaban J connectivity index is 4.01.